The molecule has 0 aliphatic heterocycles. The van der Waals surface area contributed by atoms with E-state index in [-0.39, 0.29) is 35.3 Å². The van der Waals surface area contributed by atoms with Crippen molar-refractivity contribution in [2.45, 2.75) is 240 Å². The Hall–Kier alpha value is 1.67. The van der Waals surface area contributed by atoms with E-state index in [9.17, 15) is 0 Å². The number of rotatable bonds is 7. The second-order valence-corrected chi connectivity index (χ2v) is 24.0. The molecule has 0 N–H and O–H groups in total. The zero-order valence-electron chi connectivity index (χ0n) is 30.4. The van der Waals surface area contributed by atoms with Crippen LogP contribution in [0.3, 0.4) is 0 Å². The van der Waals surface area contributed by atoms with E-state index in [4.69, 9.17) is 23.2 Å². The fourth-order valence-electron chi connectivity index (χ4n) is 10.7. The number of hydrogen-bond donors (Lipinski definition) is 0. The zero-order valence-corrected chi connectivity index (χ0v) is 35.6. The largest absolute Gasteiger partial charge is 1.00 e. The maximum atomic E-state index is 5.49. The number of hydrogen-bond acceptors (Lipinski definition) is 0. The van der Waals surface area contributed by atoms with Crippen molar-refractivity contribution in [2.75, 3.05) is 0 Å². The molecule has 0 heterocycles. The average Bonchev–Trinajstić information content (AvgIpc) is 3.11. The van der Waals surface area contributed by atoms with Gasteiger partial charge in [0, 0.05) is 15.8 Å². The minimum atomic E-state index is -0.0465. The van der Waals surface area contributed by atoms with Gasteiger partial charge < -0.3 is 0 Å². The van der Waals surface area contributed by atoms with E-state index in [1.54, 1.807) is 193 Å². The van der Waals surface area contributed by atoms with Crippen molar-refractivity contribution in [2.24, 2.45) is 0 Å². The van der Waals surface area contributed by atoms with Crippen LogP contribution in [0, 0.1) is 5.88 Å². The molecule has 0 saturated heterocycles. The van der Waals surface area contributed by atoms with Crippen LogP contribution < -0.4 is 0 Å². The summed E-state index contributed by atoms with van der Waals surface area (Å²) < 4.78 is 0. The molecule has 0 nitrogen and oxygen atoms in total. The Morgan fingerprint density at radius 3 is 0.674 bits per heavy atom. The van der Waals surface area contributed by atoms with Crippen LogP contribution >= 0.6 is 39.0 Å². The van der Waals surface area contributed by atoms with Gasteiger partial charge in [0.05, 0.1) is 34.0 Å². The summed E-state index contributed by atoms with van der Waals surface area (Å²) in [5, 5.41) is 0.627. The first-order valence-electron chi connectivity index (χ1n) is 20.6. The van der Waals surface area contributed by atoms with E-state index < -0.39 is 0 Å². The molecule has 5 heteroatoms. The Balaban J connectivity index is 0.000000205. The zero-order chi connectivity index (χ0) is 31.7. The predicted octanol–water partition coefficient (Wildman–Crippen LogP) is 15.3. The minimum Gasteiger partial charge on any atom is -0.212 e. The molecule has 6 aliphatic rings. The first kappa shape index (κ1) is 42.1. The molecule has 269 valence electrons. The van der Waals surface area contributed by atoms with Crippen molar-refractivity contribution in [3.05, 3.63) is 16.5 Å². The Morgan fingerprint density at radius 2 is 0.565 bits per heavy atom. The van der Waals surface area contributed by atoms with Gasteiger partial charge in [-0.15, -0.1) is 36.4 Å². The summed E-state index contributed by atoms with van der Waals surface area (Å²) in [5.41, 5.74) is 8.40. The summed E-state index contributed by atoms with van der Waals surface area (Å²) in [6, 6.07) is 0. The van der Waals surface area contributed by atoms with Crippen LogP contribution in [-0.4, -0.2) is 34.0 Å². The van der Waals surface area contributed by atoms with Gasteiger partial charge in [-0.25, -0.2) is 17.2 Å². The molecule has 6 saturated carbocycles. The first-order chi connectivity index (χ1) is 22.1. The molecular formula is C41H75Cl2P2Ru+2. The Kier molecular flexibility index (Phi) is 22.7. The number of allylic oxidation sites excluding steroid dienone is 2. The quantitative estimate of drug-likeness (QED) is 0.137. The first-order valence-corrected chi connectivity index (χ1v) is 24.9. The summed E-state index contributed by atoms with van der Waals surface area (Å²) in [4.78, 5) is 0. The number of halogens is 2. The second-order valence-electron chi connectivity index (χ2n) is 16.5. The van der Waals surface area contributed by atoms with Crippen molar-refractivity contribution >= 4 is 39.0 Å². The molecule has 0 aromatic carbocycles. The summed E-state index contributed by atoms with van der Waals surface area (Å²) in [6.07, 6.45) is 47.6. The van der Waals surface area contributed by atoms with Crippen LogP contribution in [0.4, 0.5) is 0 Å². The van der Waals surface area contributed by atoms with Crippen molar-refractivity contribution in [1.29, 1.82) is 0 Å². The van der Waals surface area contributed by atoms with Gasteiger partial charge in [0.25, 0.3) is 0 Å². The summed E-state index contributed by atoms with van der Waals surface area (Å²) in [7, 11) is -0.0930. The molecular weight excluding hydrogens is 726 g/mol. The molecule has 0 spiro atoms. The van der Waals surface area contributed by atoms with Crippen LogP contribution in [-0.2, 0) is 19.5 Å². The van der Waals surface area contributed by atoms with Gasteiger partial charge in [-0.2, -0.15) is 0 Å². The van der Waals surface area contributed by atoms with E-state index in [2.05, 4.69) is 0 Å². The smallest absolute Gasteiger partial charge is 0.212 e. The average molecular weight is 802 g/mol. The predicted molar refractivity (Wildman–Crippen MR) is 212 cm³/mol. The molecule has 0 aromatic heterocycles. The Bertz CT molecular complexity index is 641. The van der Waals surface area contributed by atoms with Gasteiger partial charge in [-0.05, 0) is 154 Å². The third-order valence-corrected chi connectivity index (χ3v) is 23.0. The maximum Gasteiger partial charge on any atom is 1.00 e. The van der Waals surface area contributed by atoms with Crippen LogP contribution in [0.5, 0.6) is 0 Å². The molecule has 0 aromatic rings. The fraction of sp³-hybridized carbons (Fsp3) is 0.927. The van der Waals surface area contributed by atoms with Gasteiger partial charge in [0.1, 0.15) is 0 Å². The molecule has 0 bridgehead atoms. The van der Waals surface area contributed by atoms with Gasteiger partial charge in [-0.1, -0.05) is 38.5 Å². The van der Waals surface area contributed by atoms with Crippen molar-refractivity contribution in [3.63, 3.8) is 0 Å². The summed E-state index contributed by atoms with van der Waals surface area (Å²) in [6.45, 7) is 3.81. The van der Waals surface area contributed by atoms with Crippen LogP contribution in [0.15, 0.2) is 10.6 Å². The Labute approximate surface area is 313 Å². The second kappa shape index (κ2) is 24.8. The third kappa shape index (κ3) is 14.4. The third-order valence-electron chi connectivity index (χ3n) is 13.0. The topological polar surface area (TPSA) is 0 Å². The van der Waals surface area contributed by atoms with Crippen molar-refractivity contribution in [3.8, 4) is 0 Å². The van der Waals surface area contributed by atoms with E-state index in [0.717, 1.165) is 5.57 Å². The van der Waals surface area contributed by atoms with E-state index in [1.807, 2.05) is 13.8 Å². The normalized spacial score (nSPS) is 25.1. The molecule has 46 heavy (non-hydrogen) atoms. The van der Waals surface area contributed by atoms with Gasteiger partial charge in [-0.3, -0.25) is 0 Å². The fourth-order valence-corrected chi connectivity index (χ4v) is 21.4. The van der Waals surface area contributed by atoms with Crippen molar-refractivity contribution < 1.29 is 19.5 Å². The SMILES string of the molecule is C1CCC([PH+](C2CCCCC2)C2CCCCC2)CC1.C1CCC([PH+](C2CCCCC2)C2CCCCC2)CC1.CC(C)=C(Cl)[CH-]Cl.[Ru+]. The molecule has 6 fully saturated rings. The maximum absolute atomic E-state index is 5.49. The van der Waals surface area contributed by atoms with E-state index in [0.29, 0.717) is 5.03 Å². The summed E-state index contributed by atoms with van der Waals surface area (Å²) in [5.74, 6) is 1.36. The molecule has 6 aliphatic carbocycles. The standard InChI is InChI=1S/2C18H33P.C5H7Cl2.Ru/c2*1-4-10-16(11-5-1)19(17-12-6-2-7-13-17)18-14-8-3-9-15-18;1-4(2)5(7)3-6;/h2*16-18H,1-15H2;3H,1-2H3;/q;;-1;+1/p+2. The van der Waals surface area contributed by atoms with Gasteiger partial charge in [0.2, 0.25) is 0 Å². The van der Waals surface area contributed by atoms with Gasteiger partial charge >= 0.3 is 19.5 Å². The van der Waals surface area contributed by atoms with Crippen LogP contribution in [0.2, 0.25) is 0 Å². The summed E-state index contributed by atoms with van der Waals surface area (Å²) >= 11 is 10.7. The molecule has 0 atom stereocenters. The van der Waals surface area contributed by atoms with Gasteiger partial charge in [0.15, 0.2) is 0 Å². The van der Waals surface area contributed by atoms with E-state index in [1.165, 1.54) is 39.8 Å². The molecule has 6 rings (SSSR count). The molecule has 0 amide bonds. The Morgan fingerprint density at radius 1 is 0.391 bits per heavy atom. The van der Waals surface area contributed by atoms with E-state index >= 15 is 0 Å². The minimum absolute atomic E-state index is 0. The van der Waals surface area contributed by atoms with Crippen LogP contribution in [0.1, 0.15) is 206 Å². The monoisotopic (exact) mass is 801 g/mol. The van der Waals surface area contributed by atoms with Crippen LogP contribution in [0.25, 0.3) is 0 Å². The van der Waals surface area contributed by atoms with Crippen molar-refractivity contribution in [1.82, 2.24) is 0 Å². The molecule has 1 radical (unpaired) electrons. The molecule has 0 unspecified atom stereocenters.